The summed E-state index contributed by atoms with van der Waals surface area (Å²) in [4.78, 5) is 0. The Balaban J connectivity index is 1.91. The molecule has 86 valence electrons. The smallest absolute Gasteiger partial charge is 0.0929 e. The van der Waals surface area contributed by atoms with Gasteiger partial charge >= 0.3 is 0 Å². The maximum Gasteiger partial charge on any atom is 0.0929 e. The second-order valence-electron chi connectivity index (χ2n) is 4.64. The van der Waals surface area contributed by atoms with E-state index in [1.807, 2.05) is 6.07 Å². The molecule has 1 aliphatic carbocycles. The first-order valence-electron chi connectivity index (χ1n) is 6.05. The van der Waals surface area contributed by atoms with E-state index in [1.165, 1.54) is 16.7 Å². The molecule has 1 aliphatic rings. The van der Waals surface area contributed by atoms with E-state index in [1.54, 1.807) is 7.11 Å². The standard InChI is InChI=1S/C16H16O/c1-17-16(11-12-16)15-9-7-14(8-10-15)13-5-3-2-4-6-13/h2-10H,11-12H2,1H3. The highest BCUT2D eigenvalue weighted by molar-refractivity contribution is 5.63. The lowest BCUT2D eigenvalue weighted by Crippen LogP contribution is -2.08. The lowest BCUT2D eigenvalue weighted by Gasteiger charge is -2.14. The fourth-order valence-electron chi connectivity index (χ4n) is 2.32. The van der Waals surface area contributed by atoms with Gasteiger partial charge in [0.05, 0.1) is 5.60 Å². The third-order valence-corrected chi connectivity index (χ3v) is 3.61. The Bertz CT molecular complexity index is 495. The molecule has 0 radical (unpaired) electrons. The number of benzene rings is 2. The molecule has 1 heteroatoms. The quantitative estimate of drug-likeness (QED) is 0.766. The third-order valence-electron chi connectivity index (χ3n) is 3.61. The van der Waals surface area contributed by atoms with Crippen LogP contribution in [0.4, 0.5) is 0 Å². The van der Waals surface area contributed by atoms with Crippen molar-refractivity contribution in [2.45, 2.75) is 18.4 Å². The summed E-state index contributed by atoms with van der Waals surface area (Å²) >= 11 is 0. The molecule has 2 aromatic carbocycles. The van der Waals surface area contributed by atoms with Crippen LogP contribution in [0.5, 0.6) is 0 Å². The van der Waals surface area contributed by atoms with Crippen molar-refractivity contribution in [1.29, 1.82) is 0 Å². The Kier molecular flexibility index (Phi) is 2.49. The SMILES string of the molecule is COC1(c2ccc(-c3ccccc3)cc2)CC1. The summed E-state index contributed by atoms with van der Waals surface area (Å²) in [5.74, 6) is 0. The minimum atomic E-state index is 0.0230. The van der Waals surface area contributed by atoms with Crippen LogP contribution in [-0.2, 0) is 10.3 Å². The molecule has 0 atom stereocenters. The molecule has 0 spiro atoms. The Morgan fingerprint density at radius 1 is 0.824 bits per heavy atom. The van der Waals surface area contributed by atoms with Crippen LogP contribution >= 0.6 is 0 Å². The van der Waals surface area contributed by atoms with Gasteiger partial charge in [-0.25, -0.2) is 0 Å². The van der Waals surface area contributed by atoms with Crippen molar-refractivity contribution < 1.29 is 4.74 Å². The lowest BCUT2D eigenvalue weighted by atomic mass is 10.0. The third kappa shape index (κ3) is 1.87. The fourth-order valence-corrected chi connectivity index (χ4v) is 2.32. The number of hydrogen-bond donors (Lipinski definition) is 0. The fraction of sp³-hybridized carbons (Fsp3) is 0.250. The molecule has 0 N–H and O–H groups in total. The van der Waals surface area contributed by atoms with E-state index >= 15 is 0 Å². The number of ether oxygens (including phenoxy) is 1. The van der Waals surface area contributed by atoms with Crippen molar-refractivity contribution in [3.05, 3.63) is 60.2 Å². The van der Waals surface area contributed by atoms with Gasteiger partial charge in [-0.1, -0.05) is 54.6 Å². The van der Waals surface area contributed by atoms with Gasteiger partial charge in [0.15, 0.2) is 0 Å². The predicted octanol–water partition coefficient (Wildman–Crippen LogP) is 3.99. The molecule has 2 aromatic rings. The van der Waals surface area contributed by atoms with Crippen molar-refractivity contribution in [2.24, 2.45) is 0 Å². The zero-order valence-corrected chi connectivity index (χ0v) is 10.0. The van der Waals surface area contributed by atoms with E-state index in [4.69, 9.17) is 4.74 Å². The van der Waals surface area contributed by atoms with Crippen molar-refractivity contribution in [3.63, 3.8) is 0 Å². The number of hydrogen-bond acceptors (Lipinski definition) is 1. The molecule has 0 unspecified atom stereocenters. The van der Waals surface area contributed by atoms with Gasteiger partial charge in [0.1, 0.15) is 0 Å². The Labute approximate surface area is 102 Å². The molecule has 0 amide bonds. The number of rotatable bonds is 3. The van der Waals surface area contributed by atoms with Crippen LogP contribution in [0.1, 0.15) is 18.4 Å². The minimum absolute atomic E-state index is 0.0230. The van der Waals surface area contributed by atoms with E-state index in [-0.39, 0.29) is 5.60 Å². The minimum Gasteiger partial charge on any atom is -0.374 e. The van der Waals surface area contributed by atoms with Gasteiger partial charge in [0.25, 0.3) is 0 Å². The van der Waals surface area contributed by atoms with Gasteiger partial charge in [-0.3, -0.25) is 0 Å². The molecule has 0 heterocycles. The van der Waals surface area contributed by atoms with Gasteiger partial charge in [-0.2, -0.15) is 0 Å². The molecule has 0 bridgehead atoms. The largest absolute Gasteiger partial charge is 0.374 e. The molecule has 1 fully saturated rings. The Hall–Kier alpha value is -1.60. The molecule has 0 saturated heterocycles. The number of methoxy groups -OCH3 is 1. The highest BCUT2D eigenvalue weighted by atomic mass is 16.5. The van der Waals surface area contributed by atoms with E-state index < -0.39 is 0 Å². The summed E-state index contributed by atoms with van der Waals surface area (Å²) in [5.41, 5.74) is 3.86. The molecule has 17 heavy (non-hydrogen) atoms. The molecular weight excluding hydrogens is 208 g/mol. The van der Waals surface area contributed by atoms with Gasteiger partial charge < -0.3 is 4.74 Å². The van der Waals surface area contributed by atoms with Crippen LogP contribution in [0.25, 0.3) is 11.1 Å². The van der Waals surface area contributed by atoms with Crippen molar-refractivity contribution in [3.8, 4) is 11.1 Å². The van der Waals surface area contributed by atoms with Gasteiger partial charge in [-0.15, -0.1) is 0 Å². The first-order chi connectivity index (χ1) is 8.34. The maximum absolute atomic E-state index is 5.58. The summed E-state index contributed by atoms with van der Waals surface area (Å²) < 4.78 is 5.58. The lowest BCUT2D eigenvalue weighted by molar-refractivity contribution is 0.0789. The molecule has 0 aromatic heterocycles. The topological polar surface area (TPSA) is 9.23 Å². The monoisotopic (exact) mass is 224 g/mol. The average Bonchev–Trinajstić information content (AvgIpc) is 3.21. The molecule has 1 nitrogen and oxygen atoms in total. The highest BCUT2D eigenvalue weighted by Crippen LogP contribution is 2.48. The summed E-state index contributed by atoms with van der Waals surface area (Å²) in [7, 11) is 1.80. The Morgan fingerprint density at radius 2 is 1.41 bits per heavy atom. The van der Waals surface area contributed by atoms with Crippen LogP contribution < -0.4 is 0 Å². The van der Waals surface area contributed by atoms with E-state index in [2.05, 4.69) is 48.5 Å². The van der Waals surface area contributed by atoms with Gasteiger partial charge in [0.2, 0.25) is 0 Å². The normalized spacial score (nSPS) is 16.8. The molecule has 3 rings (SSSR count). The molecule has 0 aliphatic heterocycles. The van der Waals surface area contributed by atoms with Crippen LogP contribution in [-0.4, -0.2) is 7.11 Å². The van der Waals surface area contributed by atoms with Crippen molar-refractivity contribution in [1.82, 2.24) is 0 Å². The first-order valence-corrected chi connectivity index (χ1v) is 6.05. The molecule has 1 saturated carbocycles. The first kappa shape index (κ1) is 10.5. The van der Waals surface area contributed by atoms with Gasteiger partial charge in [-0.05, 0) is 29.5 Å². The van der Waals surface area contributed by atoms with E-state index in [9.17, 15) is 0 Å². The summed E-state index contributed by atoms with van der Waals surface area (Å²) in [6.07, 6.45) is 2.29. The second-order valence-corrected chi connectivity index (χ2v) is 4.64. The van der Waals surface area contributed by atoms with Crippen LogP contribution in [0.3, 0.4) is 0 Å². The van der Waals surface area contributed by atoms with Crippen molar-refractivity contribution in [2.75, 3.05) is 7.11 Å². The highest BCUT2D eigenvalue weighted by Gasteiger charge is 2.44. The van der Waals surface area contributed by atoms with Crippen LogP contribution in [0, 0.1) is 0 Å². The maximum atomic E-state index is 5.58. The van der Waals surface area contributed by atoms with E-state index in [0.29, 0.717) is 0 Å². The zero-order chi connectivity index (χ0) is 11.7. The summed E-state index contributed by atoms with van der Waals surface area (Å²) in [6.45, 7) is 0. The van der Waals surface area contributed by atoms with Crippen molar-refractivity contribution >= 4 is 0 Å². The Morgan fingerprint density at radius 3 is 1.94 bits per heavy atom. The summed E-state index contributed by atoms with van der Waals surface area (Å²) in [5, 5.41) is 0. The average molecular weight is 224 g/mol. The zero-order valence-electron chi connectivity index (χ0n) is 10.0. The second kappa shape index (κ2) is 4.01. The van der Waals surface area contributed by atoms with Gasteiger partial charge in [0, 0.05) is 7.11 Å². The molecular formula is C16H16O. The van der Waals surface area contributed by atoms with E-state index in [0.717, 1.165) is 12.8 Å². The predicted molar refractivity (Wildman–Crippen MR) is 69.8 cm³/mol. The summed E-state index contributed by atoms with van der Waals surface area (Å²) in [6, 6.07) is 19.2. The van der Waals surface area contributed by atoms with Crippen LogP contribution in [0.2, 0.25) is 0 Å². The van der Waals surface area contributed by atoms with Crippen LogP contribution in [0.15, 0.2) is 54.6 Å².